The van der Waals surface area contributed by atoms with Crippen molar-refractivity contribution in [2.45, 2.75) is 19.3 Å². The quantitative estimate of drug-likeness (QED) is 0.806. The topological polar surface area (TPSA) is 61.8 Å². The van der Waals surface area contributed by atoms with Crippen molar-refractivity contribution in [3.8, 4) is 0 Å². The number of hydrogen-bond donors (Lipinski definition) is 1. The van der Waals surface area contributed by atoms with E-state index in [-0.39, 0.29) is 18.2 Å². The van der Waals surface area contributed by atoms with Crippen LogP contribution in [0.4, 0.5) is 0 Å². The molecule has 133 valence electrons. The number of rotatable bonds is 5. The van der Waals surface area contributed by atoms with Gasteiger partial charge in [-0.3, -0.25) is 4.99 Å². The van der Waals surface area contributed by atoms with Gasteiger partial charge in [-0.05, 0) is 69.6 Å². The Morgan fingerprint density at radius 3 is 2.67 bits per heavy atom. The van der Waals surface area contributed by atoms with Crippen LogP contribution in [-0.2, 0) is 10.0 Å². The van der Waals surface area contributed by atoms with Crippen molar-refractivity contribution in [2.75, 3.05) is 32.9 Å². The molecule has 1 aliphatic carbocycles. The number of aliphatic imine (C=N–C) groups is 1. The van der Waals surface area contributed by atoms with Gasteiger partial charge in [0.15, 0.2) is 0 Å². The summed E-state index contributed by atoms with van der Waals surface area (Å²) in [6.07, 6.45) is 11.0. The lowest BCUT2D eigenvalue weighted by Gasteiger charge is -2.30. The lowest BCUT2D eigenvalue weighted by atomic mass is 9.84. The van der Waals surface area contributed by atoms with Crippen LogP contribution < -0.4 is 4.72 Å². The lowest BCUT2D eigenvalue weighted by Crippen LogP contribution is -2.31. The maximum absolute atomic E-state index is 11.6. The molecule has 0 saturated carbocycles. The second-order valence-corrected chi connectivity index (χ2v) is 8.46. The molecule has 0 aromatic rings. The molecule has 0 atom stereocenters. The second kappa shape index (κ2) is 7.95. The number of nitrogens with one attached hydrogen (secondary N) is 1. The molecule has 3 rings (SSSR count). The number of hydrogen-bond acceptors (Lipinski definition) is 4. The Balaban J connectivity index is 0.00000208. The summed E-state index contributed by atoms with van der Waals surface area (Å²) in [5, 5.41) is 0. The van der Waals surface area contributed by atoms with Gasteiger partial charge in [0.05, 0.1) is 11.4 Å². The van der Waals surface area contributed by atoms with Crippen LogP contribution in [0.15, 0.2) is 39.6 Å². The van der Waals surface area contributed by atoms with Crippen LogP contribution in [0.25, 0.3) is 0 Å². The van der Waals surface area contributed by atoms with E-state index in [0.717, 1.165) is 37.2 Å². The summed E-state index contributed by atoms with van der Waals surface area (Å²) in [7, 11) is 0.455. The molecule has 3 aliphatic rings. The van der Waals surface area contributed by atoms with Gasteiger partial charge < -0.3 is 4.90 Å². The highest BCUT2D eigenvalue weighted by atomic mass is 35.5. The molecule has 2 aliphatic heterocycles. The fourth-order valence-corrected chi connectivity index (χ4v) is 4.00. The van der Waals surface area contributed by atoms with Crippen molar-refractivity contribution in [1.82, 2.24) is 9.62 Å². The first kappa shape index (κ1) is 19.4. The van der Waals surface area contributed by atoms with Crippen LogP contribution in [0.3, 0.4) is 0 Å². The fraction of sp³-hybridized carbons (Fsp3) is 0.529. The lowest BCUT2D eigenvalue weighted by molar-refractivity contribution is 0.241. The van der Waals surface area contributed by atoms with Crippen molar-refractivity contribution in [1.29, 1.82) is 0 Å². The summed E-state index contributed by atoms with van der Waals surface area (Å²) < 4.78 is 25.6. The maximum atomic E-state index is 11.6. The van der Waals surface area contributed by atoms with E-state index in [9.17, 15) is 8.42 Å². The average molecular weight is 371 g/mol. The highest BCUT2D eigenvalue weighted by molar-refractivity contribution is 7.89. The number of likely N-dealkylation sites (tertiary alicyclic amines) is 1. The van der Waals surface area contributed by atoms with Gasteiger partial charge in [0.25, 0.3) is 0 Å². The predicted molar refractivity (Wildman–Crippen MR) is 101 cm³/mol. The maximum Gasteiger partial charge on any atom is 0.211 e. The molecule has 7 heteroatoms. The van der Waals surface area contributed by atoms with Gasteiger partial charge >= 0.3 is 0 Å². The zero-order chi connectivity index (χ0) is 16.4. The van der Waals surface area contributed by atoms with Crippen molar-refractivity contribution in [3.63, 3.8) is 0 Å². The smallest absolute Gasteiger partial charge is 0.211 e. The molecule has 1 radical (unpaired) electrons. The standard InChI is InChI=1S/C17H24N3O2S.ClH/c1-18-23(21,22)10-7-13-3-4-17-15(11-13)16(12-19-17)14-5-8-20(2)9-6-14;/h3-4,11-12,14,18H,5-10H2,1-2H3;1H. The highest BCUT2D eigenvalue weighted by Gasteiger charge is 2.28. The number of nitrogens with zero attached hydrogens (tertiary/aromatic N) is 2. The zero-order valence-electron chi connectivity index (χ0n) is 14.2. The van der Waals surface area contributed by atoms with Gasteiger partial charge in [-0.15, -0.1) is 12.4 Å². The van der Waals surface area contributed by atoms with Crippen molar-refractivity contribution >= 4 is 28.6 Å². The average Bonchev–Trinajstić information content (AvgIpc) is 2.97. The summed E-state index contributed by atoms with van der Waals surface area (Å²) in [5.41, 5.74) is 4.59. The van der Waals surface area contributed by atoms with Gasteiger partial charge in [-0.25, -0.2) is 13.1 Å². The summed E-state index contributed by atoms with van der Waals surface area (Å²) in [5.74, 6) is 0.680. The molecule has 1 N–H and O–H groups in total. The third-order valence-electron chi connectivity index (χ3n) is 4.84. The molecule has 0 spiro atoms. The number of piperidine rings is 1. The Bertz CT molecular complexity index is 699. The molecule has 0 unspecified atom stereocenters. The van der Waals surface area contributed by atoms with Crippen molar-refractivity contribution in [2.24, 2.45) is 10.9 Å². The fourth-order valence-electron chi connectivity index (χ4n) is 3.29. The molecular weight excluding hydrogens is 346 g/mol. The van der Waals surface area contributed by atoms with Gasteiger partial charge in [0.2, 0.25) is 10.0 Å². The largest absolute Gasteiger partial charge is 0.306 e. The summed E-state index contributed by atoms with van der Waals surface area (Å²) in [4.78, 5) is 6.90. The Kier molecular flexibility index (Phi) is 6.42. The third kappa shape index (κ3) is 4.36. The van der Waals surface area contributed by atoms with Crippen molar-refractivity contribution in [3.05, 3.63) is 41.0 Å². The van der Waals surface area contributed by atoms with E-state index in [1.807, 2.05) is 18.4 Å². The molecule has 0 aromatic carbocycles. The molecule has 0 aromatic heterocycles. The first-order chi connectivity index (χ1) is 11.0. The minimum absolute atomic E-state index is 0. The Labute approximate surface area is 151 Å². The molecule has 0 bridgehead atoms. The normalized spacial score (nSPS) is 22.1. The van der Waals surface area contributed by atoms with Gasteiger partial charge in [-0.2, -0.15) is 0 Å². The zero-order valence-corrected chi connectivity index (χ0v) is 15.8. The van der Waals surface area contributed by atoms with E-state index in [1.165, 1.54) is 18.2 Å². The SMILES string of the molecule is CNS(=O)(=O)CCC1=CC=C2N=CC(C3CCN(C)CC3)=C2[CH]1.Cl. The van der Waals surface area contributed by atoms with Crippen LogP contribution in [0, 0.1) is 12.3 Å². The molecule has 24 heavy (non-hydrogen) atoms. The Morgan fingerprint density at radius 2 is 2.00 bits per heavy atom. The molecule has 2 heterocycles. The van der Waals surface area contributed by atoms with Crippen LogP contribution in [0.1, 0.15) is 19.3 Å². The van der Waals surface area contributed by atoms with Crippen LogP contribution in [0.2, 0.25) is 0 Å². The number of sulfonamides is 1. The van der Waals surface area contributed by atoms with E-state index in [2.05, 4.69) is 28.1 Å². The van der Waals surface area contributed by atoms with Crippen LogP contribution in [0.5, 0.6) is 0 Å². The minimum atomic E-state index is -3.17. The number of fused-ring (bicyclic) bond motifs is 1. The number of allylic oxidation sites excluding steroid dienone is 5. The Morgan fingerprint density at radius 1 is 1.29 bits per heavy atom. The predicted octanol–water partition coefficient (Wildman–Crippen LogP) is 2.10. The molecule has 5 nitrogen and oxygen atoms in total. The monoisotopic (exact) mass is 370 g/mol. The van der Waals surface area contributed by atoms with E-state index >= 15 is 0 Å². The molecule has 1 saturated heterocycles. The first-order valence-electron chi connectivity index (χ1n) is 8.12. The second-order valence-electron chi connectivity index (χ2n) is 6.42. The molecule has 1 fully saturated rings. The summed E-state index contributed by atoms with van der Waals surface area (Å²) in [6, 6.07) is 0. The number of halogens is 1. The van der Waals surface area contributed by atoms with E-state index in [1.54, 1.807) is 0 Å². The van der Waals surface area contributed by atoms with Gasteiger partial charge in [0.1, 0.15) is 0 Å². The first-order valence-corrected chi connectivity index (χ1v) is 9.78. The summed E-state index contributed by atoms with van der Waals surface area (Å²) in [6.45, 7) is 2.24. The van der Waals surface area contributed by atoms with E-state index in [0.29, 0.717) is 12.3 Å². The summed E-state index contributed by atoms with van der Waals surface area (Å²) >= 11 is 0. The molecular formula is C17H25ClN3O2S. The minimum Gasteiger partial charge on any atom is -0.306 e. The highest BCUT2D eigenvalue weighted by Crippen LogP contribution is 2.37. The van der Waals surface area contributed by atoms with Crippen LogP contribution >= 0.6 is 12.4 Å². The Hall–Kier alpha value is -0.950. The van der Waals surface area contributed by atoms with E-state index < -0.39 is 10.0 Å². The van der Waals surface area contributed by atoms with Crippen molar-refractivity contribution < 1.29 is 8.42 Å². The van der Waals surface area contributed by atoms with Gasteiger partial charge in [-0.1, -0.05) is 11.6 Å². The van der Waals surface area contributed by atoms with Crippen LogP contribution in [-0.4, -0.2) is 52.5 Å². The van der Waals surface area contributed by atoms with Gasteiger partial charge in [0, 0.05) is 12.6 Å². The van der Waals surface area contributed by atoms with E-state index in [4.69, 9.17) is 0 Å². The molecule has 0 amide bonds. The third-order valence-corrected chi connectivity index (χ3v) is 6.21.